The summed E-state index contributed by atoms with van der Waals surface area (Å²) in [6, 6.07) is 8.75. The van der Waals surface area contributed by atoms with Crippen LogP contribution in [0.15, 0.2) is 42.9 Å². The van der Waals surface area contributed by atoms with Crippen LogP contribution in [0.5, 0.6) is 11.6 Å². The van der Waals surface area contributed by atoms with Crippen molar-refractivity contribution < 1.29 is 13.9 Å². The minimum atomic E-state index is -0.539. The van der Waals surface area contributed by atoms with Gasteiger partial charge in [-0.1, -0.05) is 0 Å². The third-order valence-electron chi connectivity index (χ3n) is 6.37. The molecule has 1 saturated heterocycles. The van der Waals surface area contributed by atoms with E-state index >= 15 is 4.39 Å². The quantitative estimate of drug-likeness (QED) is 0.348. The lowest BCUT2D eigenvalue weighted by molar-refractivity contribution is 0.0799. The van der Waals surface area contributed by atoms with Gasteiger partial charge in [-0.25, -0.2) is 19.3 Å². The van der Waals surface area contributed by atoms with Crippen LogP contribution in [0.1, 0.15) is 23.0 Å². The first-order valence-corrected chi connectivity index (χ1v) is 12.2. The summed E-state index contributed by atoms with van der Waals surface area (Å²) in [5.41, 5.74) is 2.59. The Bertz CT molecular complexity index is 1420. The van der Waals surface area contributed by atoms with E-state index in [1.807, 2.05) is 26.0 Å². The fraction of sp³-hybridized carbons (Fsp3) is 0.308. The molecule has 1 aromatic carbocycles. The molecule has 0 aliphatic carbocycles. The van der Waals surface area contributed by atoms with E-state index in [2.05, 4.69) is 35.5 Å². The van der Waals surface area contributed by atoms with Gasteiger partial charge in [-0.15, -0.1) is 0 Å². The van der Waals surface area contributed by atoms with Crippen LogP contribution in [0.25, 0.3) is 10.9 Å². The fourth-order valence-electron chi connectivity index (χ4n) is 4.23. The molecular formula is C26H29FN8O2. The number of aromatic amines is 1. The number of benzene rings is 1. The second-order valence-corrected chi connectivity index (χ2v) is 8.88. The summed E-state index contributed by atoms with van der Waals surface area (Å²) in [5, 5.41) is 6.85. The molecule has 1 amide bonds. The van der Waals surface area contributed by atoms with Crippen molar-refractivity contribution in [1.29, 1.82) is 0 Å². The highest BCUT2D eigenvalue weighted by molar-refractivity contribution is 6.01. The summed E-state index contributed by atoms with van der Waals surface area (Å²) in [6.45, 7) is 7.83. The van der Waals surface area contributed by atoms with E-state index in [4.69, 9.17) is 4.74 Å². The minimum Gasteiger partial charge on any atom is -0.435 e. The van der Waals surface area contributed by atoms with Gasteiger partial charge in [0.25, 0.3) is 5.91 Å². The summed E-state index contributed by atoms with van der Waals surface area (Å²) in [4.78, 5) is 33.2. The molecule has 10 nitrogen and oxygen atoms in total. The number of nitrogens with one attached hydrogen (secondary N) is 3. The molecule has 4 heterocycles. The number of amides is 1. The number of carbonyl (C=O) groups excluding carboxylic acids is 1. The van der Waals surface area contributed by atoms with Crippen LogP contribution < -0.4 is 20.3 Å². The van der Waals surface area contributed by atoms with Gasteiger partial charge in [0.2, 0.25) is 5.88 Å². The SMILES string of the molecule is CCN(C)C(=O)c1c(Nc2ccc(N3CCNCC3)cn2)ncnc1Oc1ccc2[nH]c(C)cc2c1F. The number of hydrogen-bond donors (Lipinski definition) is 3. The number of anilines is 3. The number of halogens is 1. The predicted molar refractivity (Wildman–Crippen MR) is 140 cm³/mol. The normalized spacial score (nSPS) is 13.6. The number of fused-ring (bicyclic) bond motifs is 1. The zero-order chi connectivity index (χ0) is 25.9. The molecule has 37 heavy (non-hydrogen) atoms. The van der Waals surface area contributed by atoms with Crippen LogP contribution in [0.4, 0.5) is 21.7 Å². The van der Waals surface area contributed by atoms with Gasteiger partial charge in [-0.05, 0) is 44.2 Å². The van der Waals surface area contributed by atoms with Gasteiger partial charge < -0.3 is 30.2 Å². The highest BCUT2D eigenvalue weighted by Gasteiger charge is 2.25. The molecule has 0 saturated carbocycles. The van der Waals surface area contributed by atoms with Crippen LogP contribution in [0.2, 0.25) is 0 Å². The lowest BCUT2D eigenvalue weighted by Gasteiger charge is -2.29. The van der Waals surface area contributed by atoms with Gasteiger partial charge in [0.15, 0.2) is 17.4 Å². The third-order valence-corrected chi connectivity index (χ3v) is 6.37. The smallest absolute Gasteiger partial charge is 0.262 e. The first-order chi connectivity index (χ1) is 17.9. The van der Waals surface area contributed by atoms with Crippen LogP contribution in [-0.4, -0.2) is 70.5 Å². The van der Waals surface area contributed by atoms with E-state index < -0.39 is 5.82 Å². The average Bonchev–Trinajstić information content (AvgIpc) is 3.31. The van der Waals surface area contributed by atoms with Crippen molar-refractivity contribution >= 4 is 34.1 Å². The number of pyridine rings is 1. The highest BCUT2D eigenvalue weighted by atomic mass is 19.1. The summed E-state index contributed by atoms with van der Waals surface area (Å²) in [6.07, 6.45) is 3.06. The lowest BCUT2D eigenvalue weighted by Crippen LogP contribution is -2.43. The maximum absolute atomic E-state index is 15.2. The number of H-pyrrole nitrogens is 1. The van der Waals surface area contributed by atoms with Crippen molar-refractivity contribution in [3.8, 4) is 11.6 Å². The van der Waals surface area contributed by atoms with E-state index in [-0.39, 0.29) is 28.9 Å². The summed E-state index contributed by atoms with van der Waals surface area (Å²) < 4.78 is 21.1. The van der Waals surface area contributed by atoms with Crippen LogP contribution in [-0.2, 0) is 0 Å². The second-order valence-electron chi connectivity index (χ2n) is 8.88. The largest absolute Gasteiger partial charge is 0.435 e. The summed E-state index contributed by atoms with van der Waals surface area (Å²) >= 11 is 0. The van der Waals surface area contributed by atoms with Crippen molar-refractivity contribution in [3.63, 3.8) is 0 Å². The minimum absolute atomic E-state index is 0.0390. The number of hydrogen-bond acceptors (Lipinski definition) is 8. The van der Waals surface area contributed by atoms with E-state index in [1.54, 1.807) is 25.4 Å². The van der Waals surface area contributed by atoms with Gasteiger partial charge in [0.05, 0.1) is 11.9 Å². The van der Waals surface area contributed by atoms with Crippen LogP contribution in [0.3, 0.4) is 0 Å². The molecule has 11 heteroatoms. The van der Waals surface area contributed by atoms with Gasteiger partial charge in [-0.2, -0.15) is 0 Å². The zero-order valence-electron chi connectivity index (χ0n) is 21.0. The zero-order valence-corrected chi connectivity index (χ0v) is 21.0. The number of piperazine rings is 1. The van der Waals surface area contributed by atoms with E-state index in [0.717, 1.165) is 37.6 Å². The van der Waals surface area contributed by atoms with E-state index in [0.29, 0.717) is 23.3 Å². The van der Waals surface area contributed by atoms with E-state index in [1.165, 1.54) is 17.3 Å². The molecular weight excluding hydrogens is 475 g/mol. The molecule has 0 unspecified atom stereocenters. The molecule has 0 radical (unpaired) electrons. The Labute approximate surface area is 213 Å². The van der Waals surface area contributed by atoms with Gasteiger partial charge >= 0.3 is 0 Å². The number of nitrogens with zero attached hydrogens (tertiary/aromatic N) is 5. The Morgan fingerprint density at radius 3 is 2.73 bits per heavy atom. The predicted octanol–water partition coefficient (Wildman–Crippen LogP) is 3.84. The molecule has 1 aliphatic heterocycles. The Hall–Kier alpha value is -4.25. The van der Waals surface area contributed by atoms with Crippen molar-refractivity contribution in [2.75, 3.05) is 50.0 Å². The molecule has 1 aliphatic rings. The number of aryl methyl sites for hydroxylation is 1. The number of carbonyl (C=O) groups is 1. The second kappa shape index (κ2) is 10.4. The molecule has 3 aromatic heterocycles. The molecule has 0 atom stereocenters. The molecule has 0 bridgehead atoms. The molecule has 4 aromatic rings. The molecule has 1 fully saturated rings. The van der Waals surface area contributed by atoms with Crippen molar-refractivity contribution in [2.45, 2.75) is 13.8 Å². The molecule has 192 valence electrons. The fourth-order valence-corrected chi connectivity index (χ4v) is 4.23. The lowest BCUT2D eigenvalue weighted by atomic mass is 10.2. The van der Waals surface area contributed by atoms with Crippen LogP contribution >= 0.6 is 0 Å². The Morgan fingerprint density at radius 1 is 1.19 bits per heavy atom. The maximum atomic E-state index is 15.2. The van der Waals surface area contributed by atoms with Gasteiger partial charge in [0, 0.05) is 56.4 Å². The standard InChI is InChI=1S/C26H29FN8O2/c1-4-34(3)26(36)22-24(33-21-8-5-17(14-29-21)35-11-9-28-10-12-35)30-15-31-25(22)37-20-7-6-19-18(23(20)27)13-16(2)32-19/h5-8,13-15,28,32H,4,9-12H2,1-3H3,(H,29,30,31,33). The Morgan fingerprint density at radius 2 is 2.00 bits per heavy atom. The first kappa shape index (κ1) is 24.4. The molecule has 3 N–H and O–H groups in total. The third kappa shape index (κ3) is 5.03. The number of rotatable bonds is 7. The number of ether oxygens (including phenoxy) is 1. The summed E-state index contributed by atoms with van der Waals surface area (Å²) in [7, 11) is 1.67. The highest BCUT2D eigenvalue weighted by Crippen LogP contribution is 2.34. The van der Waals surface area contributed by atoms with Gasteiger partial charge in [0.1, 0.15) is 17.7 Å². The van der Waals surface area contributed by atoms with Crippen molar-refractivity contribution in [1.82, 2.24) is 30.2 Å². The topological polar surface area (TPSA) is 111 Å². The van der Waals surface area contributed by atoms with E-state index in [9.17, 15) is 4.79 Å². The maximum Gasteiger partial charge on any atom is 0.262 e. The van der Waals surface area contributed by atoms with Gasteiger partial charge in [-0.3, -0.25) is 4.79 Å². The number of aromatic nitrogens is 4. The Kier molecular flexibility index (Phi) is 6.87. The van der Waals surface area contributed by atoms with Crippen molar-refractivity contribution in [3.05, 3.63) is 59.9 Å². The van der Waals surface area contributed by atoms with Crippen molar-refractivity contribution in [2.24, 2.45) is 0 Å². The molecule has 5 rings (SSSR count). The monoisotopic (exact) mass is 504 g/mol. The molecule has 0 spiro atoms. The average molecular weight is 505 g/mol. The Balaban J connectivity index is 1.47. The summed E-state index contributed by atoms with van der Waals surface area (Å²) in [5.74, 6) is -0.267. The first-order valence-electron chi connectivity index (χ1n) is 12.2. The van der Waals surface area contributed by atoms with Crippen LogP contribution in [0, 0.1) is 12.7 Å².